The van der Waals surface area contributed by atoms with E-state index in [1.807, 2.05) is 51.8 Å². The number of carbonyl (C=O) groups excluding carboxylic acids is 4. The van der Waals surface area contributed by atoms with Crippen LogP contribution in [-0.4, -0.2) is 102 Å². The van der Waals surface area contributed by atoms with Gasteiger partial charge in [-0.3, -0.25) is 28.6 Å². The van der Waals surface area contributed by atoms with E-state index in [4.69, 9.17) is 19.5 Å². The minimum atomic E-state index is -3.47. The van der Waals surface area contributed by atoms with Crippen molar-refractivity contribution in [2.24, 2.45) is 11.8 Å². The molecule has 0 spiro atoms. The van der Waals surface area contributed by atoms with Gasteiger partial charge in [0.1, 0.15) is 16.7 Å². The van der Waals surface area contributed by atoms with Gasteiger partial charge in [0.05, 0.1) is 24.9 Å². The van der Waals surface area contributed by atoms with Crippen molar-refractivity contribution >= 4 is 48.3 Å². The van der Waals surface area contributed by atoms with Crippen LogP contribution in [-0.2, 0) is 39.2 Å². The highest BCUT2D eigenvalue weighted by Crippen LogP contribution is 2.54. The number of hydrogen-bond acceptors (Lipinski definition) is 12. The second kappa shape index (κ2) is 22.7. The predicted octanol–water partition coefficient (Wildman–Crippen LogP) is 6.60. The van der Waals surface area contributed by atoms with E-state index in [2.05, 4.69) is 15.6 Å². The fourth-order valence-corrected chi connectivity index (χ4v) is 10.00. The molecule has 14 nitrogen and oxygen atoms in total. The first-order chi connectivity index (χ1) is 26.9. The molecule has 2 heterocycles. The molecule has 0 saturated carbocycles. The topological polar surface area (TPSA) is 182 Å². The molecule has 4 N–H and O–H groups in total. The van der Waals surface area contributed by atoms with Crippen LogP contribution in [0, 0.1) is 11.8 Å². The summed E-state index contributed by atoms with van der Waals surface area (Å²) in [4.78, 5) is 62.4. The first-order valence-electron chi connectivity index (χ1n) is 20.4. The maximum Gasteiger partial charge on any atom is 0.333 e. The Morgan fingerprint density at radius 3 is 2.23 bits per heavy atom. The maximum absolute atomic E-state index is 14.3. The Kier molecular flexibility index (Phi) is 19.1. The van der Waals surface area contributed by atoms with Gasteiger partial charge in [-0.2, -0.15) is 0 Å². The van der Waals surface area contributed by atoms with Crippen molar-refractivity contribution < 1.29 is 37.5 Å². The molecular weight excluding hydrogens is 768 g/mol. The molecule has 1 aromatic carbocycles. The molecule has 0 radical (unpaired) electrons. The molecule has 1 aliphatic heterocycles. The van der Waals surface area contributed by atoms with Gasteiger partial charge in [-0.1, -0.05) is 59.6 Å². The summed E-state index contributed by atoms with van der Waals surface area (Å²) in [7, 11) is 0.205. The number of nitrogens with zero attached hydrogens (tertiary/aromatic N) is 3. The number of esters is 1. The zero-order valence-electron chi connectivity index (χ0n) is 35.6. The smallest absolute Gasteiger partial charge is 0.333 e. The molecule has 3 amide bonds. The van der Waals surface area contributed by atoms with E-state index in [0.29, 0.717) is 30.0 Å². The van der Waals surface area contributed by atoms with Crippen molar-refractivity contribution in [1.29, 1.82) is 0 Å². The fraction of sp³-hybridized carbons (Fsp3) is 0.683. The molecular formula is C41H67N6O8PS. The Morgan fingerprint density at radius 1 is 1.02 bits per heavy atom. The number of ether oxygens (including phenoxy) is 1. The number of carbonyl (C=O) groups is 4. The summed E-state index contributed by atoms with van der Waals surface area (Å²) in [6, 6.07) is 5.46. The molecule has 7 atom stereocenters. The summed E-state index contributed by atoms with van der Waals surface area (Å²) in [5.74, 6) is -1.50. The molecule has 1 fully saturated rings. The van der Waals surface area contributed by atoms with Crippen LogP contribution < -0.4 is 16.4 Å². The molecule has 2 aromatic rings. The van der Waals surface area contributed by atoms with E-state index < -0.39 is 49.4 Å². The molecule has 320 valence electrons. The SMILES string of the molecule is CCOP(=O)(OCC)C(C)CC(Cc1ccc(N)cc1)NC(=O)c1csc(C(CC(C(C)C)N(C)C(=O)C(NC(=O)[C@H]2CCCCN2C)C(C)CC)OC(C)=O)n1. The second-order valence-corrected chi connectivity index (χ2v) is 19.0. The third-order valence-electron chi connectivity index (χ3n) is 10.8. The number of nitrogens with one attached hydrogen (secondary N) is 2. The van der Waals surface area contributed by atoms with E-state index in [-0.39, 0.29) is 55.0 Å². The van der Waals surface area contributed by atoms with Gasteiger partial charge in [-0.15, -0.1) is 11.3 Å². The quantitative estimate of drug-likeness (QED) is 0.0660. The monoisotopic (exact) mass is 834 g/mol. The van der Waals surface area contributed by atoms with E-state index >= 15 is 0 Å². The van der Waals surface area contributed by atoms with Crippen molar-refractivity contribution in [2.75, 3.05) is 39.6 Å². The minimum absolute atomic E-state index is 0.0575. The minimum Gasteiger partial charge on any atom is -0.455 e. The Labute approximate surface area is 343 Å². The first kappa shape index (κ1) is 48.0. The third-order valence-corrected chi connectivity index (χ3v) is 14.3. The number of rotatable bonds is 22. The molecule has 16 heteroatoms. The summed E-state index contributed by atoms with van der Waals surface area (Å²) in [5, 5.41) is 8.21. The Balaban J connectivity index is 1.85. The lowest BCUT2D eigenvalue weighted by Gasteiger charge is -2.38. The normalized spacial score (nSPS) is 18.2. The van der Waals surface area contributed by atoms with Crippen molar-refractivity contribution in [3.63, 3.8) is 0 Å². The summed E-state index contributed by atoms with van der Waals surface area (Å²) < 4.78 is 30.7. The first-order valence-corrected chi connectivity index (χ1v) is 22.9. The third kappa shape index (κ3) is 13.9. The number of anilines is 1. The Bertz CT molecular complexity index is 1650. The van der Waals surface area contributed by atoms with Crippen molar-refractivity contribution in [3.05, 3.63) is 45.9 Å². The number of aromatic nitrogens is 1. The standard InChI is InChI=1S/C41H67N6O8PS/c1-11-27(6)37(45-39(50)34-16-14-15-21-46(34)9)41(51)47(10)35(26(4)5)24-36(55-29(8)48)40-44-33(25-57-40)38(49)43-32(23-30-17-19-31(42)20-18-30)22-28(7)56(52,53-12-2)54-13-3/h17-20,25-28,32,34-37H,11-16,21-24,42H2,1-10H3,(H,43,49)(H,45,50)/t27?,28?,32?,34-,35?,36?,37?/m1/s1. The highest BCUT2D eigenvalue weighted by atomic mass is 32.1. The van der Waals surface area contributed by atoms with Gasteiger partial charge in [0, 0.05) is 43.5 Å². The molecule has 1 aliphatic rings. The van der Waals surface area contributed by atoms with E-state index in [9.17, 15) is 23.7 Å². The molecule has 0 bridgehead atoms. The number of piperidine rings is 1. The lowest BCUT2D eigenvalue weighted by Crippen LogP contribution is -2.58. The number of likely N-dealkylation sites (N-methyl/N-ethyl adjacent to an activating group) is 2. The zero-order chi connectivity index (χ0) is 42.4. The van der Waals surface area contributed by atoms with E-state index in [1.54, 1.807) is 50.2 Å². The average molecular weight is 835 g/mol. The molecule has 57 heavy (non-hydrogen) atoms. The summed E-state index contributed by atoms with van der Waals surface area (Å²) in [6.07, 6.45) is 3.54. The van der Waals surface area contributed by atoms with Gasteiger partial charge >= 0.3 is 13.6 Å². The van der Waals surface area contributed by atoms with E-state index in [1.165, 1.54) is 18.3 Å². The van der Waals surface area contributed by atoms with Crippen LogP contribution in [0.3, 0.4) is 0 Å². The van der Waals surface area contributed by atoms with Gasteiger partial charge in [0.2, 0.25) is 11.8 Å². The predicted molar refractivity (Wildman–Crippen MR) is 225 cm³/mol. The van der Waals surface area contributed by atoms with Gasteiger partial charge in [0.25, 0.3) is 5.91 Å². The van der Waals surface area contributed by atoms with Crippen LogP contribution in [0.4, 0.5) is 5.69 Å². The molecule has 1 saturated heterocycles. The molecule has 6 unspecified atom stereocenters. The fourth-order valence-electron chi connectivity index (χ4n) is 7.34. The Hall–Kier alpha value is -3.36. The molecule has 3 rings (SSSR count). The number of amides is 3. The summed E-state index contributed by atoms with van der Waals surface area (Å²) in [5.41, 5.74) is 7.07. The van der Waals surface area contributed by atoms with E-state index in [0.717, 1.165) is 31.4 Å². The lowest BCUT2D eigenvalue weighted by atomic mass is 9.92. The van der Waals surface area contributed by atoms with Crippen molar-refractivity contribution in [2.45, 2.75) is 136 Å². The van der Waals surface area contributed by atoms with Crippen LogP contribution in [0.25, 0.3) is 0 Å². The number of benzene rings is 1. The van der Waals surface area contributed by atoms with Gasteiger partial charge in [-0.25, -0.2) is 4.98 Å². The largest absolute Gasteiger partial charge is 0.455 e. The highest BCUT2D eigenvalue weighted by molar-refractivity contribution is 7.54. The number of hydrogen-bond donors (Lipinski definition) is 3. The molecule has 0 aliphatic carbocycles. The second-order valence-electron chi connectivity index (χ2n) is 15.6. The number of nitrogen functional groups attached to an aromatic ring is 1. The zero-order valence-corrected chi connectivity index (χ0v) is 37.3. The van der Waals surface area contributed by atoms with Crippen molar-refractivity contribution in [1.82, 2.24) is 25.4 Å². The Morgan fingerprint density at radius 2 is 1.67 bits per heavy atom. The molecule has 1 aromatic heterocycles. The maximum atomic E-state index is 14.3. The van der Waals surface area contributed by atoms with Crippen LogP contribution in [0.5, 0.6) is 0 Å². The summed E-state index contributed by atoms with van der Waals surface area (Å²) >= 11 is 1.19. The number of nitrogens with two attached hydrogens (primary N) is 1. The van der Waals surface area contributed by atoms with Crippen LogP contribution in [0.2, 0.25) is 0 Å². The summed E-state index contributed by atoms with van der Waals surface area (Å²) in [6.45, 7) is 15.8. The van der Waals surface area contributed by atoms with Gasteiger partial charge in [-0.05, 0) is 82.7 Å². The van der Waals surface area contributed by atoms with Gasteiger partial charge < -0.3 is 35.1 Å². The average Bonchev–Trinajstić information content (AvgIpc) is 3.66. The van der Waals surface area contributed by atoms with Crippen LogP contribution >= 0.6 is 18.9 Å². The van der Waals surface area contributed by atoms with Crippen LogP contribution in [0.15, 0.2) is 29.6 Å². The van der Waals surface area contributed by atoms with Crippen LogP contribution in [0.1, 0.15) is 121 Å². The highest BCUT2D eigenvalue weighted by Gasteiger charge is 2.38. The number of thiazole rings is 1. The number of likely N-dealkylation sites (tertiary alicyclic amines) is 1. The van der Waals surface area contributed by atoms with Crippen molar-refractivity contribution in [3.8, 4) is 0 Å². The lowest BCUT2D eigenvalue weighted by molar-refractivity contribution is -0.149. The van der Waals surface area contributed by atoms with Gasteiger partial charge in [0.15, 0.2) is 6.10 Å².